The summed E-state index contributed by atoms with van der Waals surface area (Å²) in [5.74, 6) is -0.304. The third-order valence-electron chi connectivity index (χ3n) is 5.02. The fraction of sp³-hybridized carbons (Fsp3) is 0.588. The number of likely N-dealkylation sites (N-methyl/N-ethyl adjacent to an activating group) is 1. The number of rotatable bonds is 3. The summed E-state index contributed by atoms with van der Waals surface area (Å²) in [4.78, 5) is 16.3. The van der Waals surface area contributed by atoms with Gasteiger partial charge in [0.15, 0.2) is 0 Å². The predicted octanol–water partition coefficient (Wildman–Crippen LogP) is -0.0494. The lowest BCUT2D eigenvalue weighted by atomic mass is 10.1. The summed E-state index contributed by atoms with van der Waals surface area (Å²) in [6.07, 6.45) is 0. The van der Waals surface area contributed by atoms with Crippen LogP contribution in [0.2, 0.25) is 0 Å². The number of aromatic hydroxyl groups is 1. The van der Waals surface area contributed by atoms with Crippen molar-refractivity contribution in [3.8, 4) is 5.75 Å². The lowest BCUT2D eigenvalue weighted by molar-refractivity contribution is 0.0689. The first-order chi connectivity index (χ1) is 12.3. The van der Waals surface area contributed by atoms with Gasteiger partial charge in [0.05, 0.1) is 5.56 Å². The third-order valence-corrected chi connectivity index (χ3v) is 7.06. The lowest BCUT2D eigenvalue weighted by Gasteiger charge is -2.39. The molecule has 0 atom stereocenters. The summed E-state index contributed by atoms with van der Waals surface area (Å²) in [7, 11) is -1.50. The molecule has 0 radical (unpaired) electrons. The molecule has 0 bridgehead atoms. The van der Waals surface area contributed by atoms with Crippen LogP contribution in [-0.4, -0.2) is 97.2 Å². The molecule has 9 heteroatoms. The monoisotopic (exact) mass is 382 g/mol. The van der Waals surface area contributed by atoms with Gasteiger partial charge in [-0.1, -0.05) is 6.07 Å². The summed E-state index contributed by atoms with van der Waals surface area (Å²) in [5.41, 5.74) is 1.13. The zero-order valence-corrected chi connectivity index (χ0v) is 16.1. The number of phenols is 1. The molecule has 2 heterocycles. The van der Waals surface area contributed by atoms with Crippen molar-refractivity contribution in [3.63, 3.8) is 0 Å². The van der Waals surface area contributed by atoms with Crippen molar-refractivity contribution in [2.75, 3.05) is 59.4 Å². The molecule has 0 spiro atoms. The van der Waals surface area contributed by atoms with Gasteiger partial charge in [-0.15, -0.1) is 0 Å². The molecule has 2 fully saturated rings. The number of nitrogens with zero attached hydrogens (tertiary/aromatic N) is 4. The van der Waals surface area contributed by atoms with E-state index in [0.717, 1.165) is 18.7 Å². The molecule has 1 amide bonds. The van der Waals surface area contributed by atoms with E-state index in [1.54, 1.807) is 23.1 Å². The summed E-state index contributed by atoms with van der Waals surface area (Å²) in [5, 5.41) is 10.0. The molecule has 0 aliphatic carbocycles. The molecule has 1 aromatic carbocycles. The molecular weight excluding hydrogens is 356 g/mol. The normalized spacial score (nSPS) is 21.1. The Morgan fingerprint density at radius 3 is 2.04 bits per heavy atom. The summed E-state index contributed by atoms with van der Waals surface area (Å²) >= 11 is 0. The average Bonchev–Trinajstić information content (AvgIpc) is 2.62. The third kappa shape index (κ3) is 3.85. The Kier molecular flexibility index (Phi) is 5.52. The maximum absolute atomic E-state index is 12.8. The van der Waals surface area contributed by atoms with E-state index in [-0.39, 0.29) is 30.3 Å². The Bertz CT molecular complexity index is 767. The highest BCUT2D eigenvalue weighted by Gasteiger charge is 2.35. The van der Waals surface area contributed by atoms with Crippen molar-refractivity contribution in [1.29, 1.82) is 0 Å². The van der Waals surface area contributed by atoms with Crippen molar-refractivity contribution in [1.82, 2.24) is 18.4 Å². The second-order valence-corrected chi connectivity index (χ2v) is 8.85. The number of hydrogen-bond donors (Lipinski definition) is 1. The van der Waals surface area contributed by atoms with Gasteiger partial charge in [0.2, 0.25) is 0 Å². The SMILES string of the molecule is Cc1ccc(C(=O)N2CCN(S(=O)(=O)N3CCN(C)CC3)CC2)c(O)c1. The van der Waals surface area contributed by atoms with Crippen LogP contribution in [0.25, 0.3) is 0 Å². The molecule has 0 aromatic heterocycles. The second-order valence-electron chi connectivity index (χ2n) is 6.92. The topological polar surface area (TPSA) is 84.4 Å². The van der Waals surface area contributed by atoms with Gasteiger partial charge in [0.1, 0.15) is 5.75 Å². The maximum Gasteiger partial charge on any atom is 0.282 e. The van der Waals surface area contributed by atoms with Crippen molar-refractivity contribution in [3.05, 3.63) is 29.3 Å². The van der Waals surface area contributed by atoms with Crippen molar-refractivity contribution in [2.45, 2.75) is 6.92 Å². The van der Waals surface area contributed by atoms with E-state index in [9.17, 15) is 18.3 Å². The van der Waals surface area contributed by atoms with Gasteiger partial charge < -0.3 is 14.9 Å². The van der Waals surface area contributed by atoms with Crippen LogP contribution in [0, 0.1) is 6.92 Å². The van der Waals surface area contributed by atoms with E-state index in [2.05, 4.69) is 4.90 Å². The number of benzene rings is 1. The van der Waals surface area contributed by atoms with E-state index in [1.807, 2.05) is 14.0 Å². The number of piperazine rings is 2. The minimum atomic E-state index is -3.48. The molecule has 8 nitrogen and oxygen atoms in total. The molecular formula is C17H26N4O4S. The van der Waals surface area contributed by atoms with Crippen molar-refractivity contribution >= 4 is 16.1 Å². The van der Waals surface area contributed by atoms with E-state index < -0.39 is 10.2 Å². The fourth-order valence-corrected chi connectivity index (χ4v) is 4.87. The van der Waals surface area contributed by atoms with Gasteiger partial charge in [-0.05, 0) is 31.7 Å². The van der Waals surface area contributed by atoms with E-state index in [1.165, 1.54) is 8.61 Å². The molecule has 26 heavy (non-hydrogen) atoms. The van der Waals surface area contributed by atoms with Crippen molar-refractivity contribution in [2.24, 2.45) is 0 Å². The Labute approximate surface area is 154 Å². The van der Waals surface area contributed by atoms with Gasteiger partial charge in [0, 0.05) is 52.4 Å². The molecule has 1 aromatic rings. The standard InChI is InChI=1S/C17H26N4O4S/c1-14-3-4-15(16(22)13-14)17(23)19-7-11-21(12-8-19)26(24,25)20-9-5-18(2)6-10-20/h3-4,13,22H,5-12H2,1-2H3. The van der Waals surface area contributed by atoms with Crippen LogP contribution in [0.3, 0.4) is 0 Å². The van der Waals surface area contributed by atoms with Crippen LogP contribution in [0.4, 0.5) is 0 Å². The number of aryl methyl sites for hydroxylation is 1. The summed E-state index contributed by atoms with van der Waals surface area (Å²) < 4.78 is 28.5. The minimum absolute atomic E-state index is 0.0394. The molecule has 144 valence electrons. The van der Waals surface area contributed by atoms with Crippen LogP contribution < -0.4 is 0 Å². The Balaban J connectivity index is 1.62. The first-order valence-electron chi connectivity index (χ1n) is 8.81. The minimum Gasteiger partial charge on any atom is -0.507 e. The molecule has 0 unspecified atom stereocenters. The largest absolute Gasteiger partial charge is 0.507 e. The van der Waals surface area contributed by atoms with Gasteiger partial charge >= 0.3 is 0 Å². The number of carbonyl (C=O) groups is 1. The quantitative estimate of drug-likeness (QED) is 0.792. The molecule has 2 aliphatic rings. The zero-order valence-electron chi connectivity index (χ0n) is 15.3. The van der Waals surface area contributed by atoms with Gasteiger partial charge in [0.25, 0.3) is 16.1 Å². The average molecular weight is 382 g/mol. The molecule has 0 saturated carbocycles. The van der Waals surface area contributed by atoms with Gasteiger partial charge in [-0.25, -0.2) is 0 Å². The Morgan fingerprint density at radius 1 is 0.962 bits per heavy atom. The highest BCUT2D eigenvalue weighted by atomic mass is 32.2. The van der Waals surface area contributed by atoms with Crippen LogP contribution >= 0.6 is 0 Å². The number of amides is 1. The number of carbonyl (C=O) groups excluding carboxylic acids is 1. The van der Waals surface area contributed by atoms with Gasteiger partial charge in [-0.2, -0.15) is 17.0 Å². The lowest BCUT2D eigenvalue weighted by Crippen LogP contribution is -2.57. The highest BCUT2D eigenvalue weighted by molar-refractivity contribution is 7.86. The van der Waals surface area contributed by atoms with E-state index >= 15 is 0 Å². The predicted molar refractivity (Wildman–Crippen MR) is 98.3 cm³/mol. The fourth-order valence-electron chi connectivity index (χ4n) is 3.30. The highest BCUT2D eigenvalue weighted by Crippen LogP contribution is 2.22. The number of hydrogen-bond acceptors (Lipinski definition) is 5. The molecule has 2 aliphatic heterocycles. The van der Waals surface area contributed by atoms with Crippen LogP contribution in [0.1, 0.15) is 15.9 Å². The second kappa shape index (κ2) is 7.51. The Morgan fingerprint density at radius 2 is 1.50 bits per heavy atom. The van der Waals surface area contributed by atoms with Gasteiger partial charge in [-0.3, -0.25) is 4.79 Å². The van der Waals surface area contributed by atoms with Crippen molar-refractivity contribution < 1.29 is 18.3 Å². The number of phenolic OH excluding ortho intramolecular Hbond substituents is 1. The van der Waals surface area contributed by atoms with Crippen LogP contribution in [0.5, 0.6) is 5.75 Å². The maximum atomic E-state index is 12.8. The summed E-state index contributed by atoms with van der Waals surface area (Å²) in [6.45, 7) is 5.47. The molecule has 2 saturated heterocycles. The van der Waals surface area contributed by atoms with Crippen LogP contribution in [0.15, 0.2) is 18.2 Å². The molecule has 1 N–H and O–H groups in total. The molecule has 3 rings (SSSR count). The first-order valence-corrected chi connectivity index (χ1v) is 10.2. The smallest absolute Gasteiger partial charge is 0.282 e. The van der Waals surface area contributed by atoms with E-state index in [4.69, 9.17) is 0 Å². The van der Waals surface area contributed by atoms with Crippen LogP contribution in [-0.2, 0) is 10.2 Å². The summed E-state index contributed by atoms with van der Waals surface area (Å²) in [6, 6.07) is 4.95. The Hall–Kier alpha value is -1.68. The first kappa shape index (κ1) is 19.1. The van der Waals surface area contributed by atoms with E-state index in [0.29, 0.717) is 26.2 Å². The zero-order chi connectivity index (χ0) is 18.9.